The van der Waals surface area contributed by atoms with E-state index in [4.69, 9.17) is 28.9 Å². The molecule has 1 heterocycles. The third kappa shape index (κ3) is 5.89. The molecule has 2 aromatic carbocycles. The quantitative estimate of drug-likeness (QED) is 0.581. The first-order chi connectivity index (χ1) is 14.2. The van der Waals surface area contributed by atoms with E-state index >= 15 is 0 Å². The molecule has 1 aliphatic rings. The number of carbonyl (C=O) groups excluding carboxylic acids is 2. The van der Waals surface area contributed by atoms with Crippen molar-refractivity contribution in [1.82, 2.24) is 10.2 Å². The van der Waals surface area contributed by atoms with Gasteiger partial charge >= 0.3 is 5.97 Å². The summed E-state index contributed by atoms with van der Waals surface area (Å²) in [6.45, 7) is 1.39. The van der Waals surface area contributed by atoms with Gasteiger partial charge in [-0.25, -0.2) is 4.79 Å². The van der Waals surface area contributed by atoms with Crippen LogP contribution in [-0.4, -0.2) is 47.4 Å². The van der Waals surface area contributed by atoms with Crippen molar-refractivity contribution in [3.05, 3.63) is 68.7 Å². The van der Waals surface area contributed by atoms with E-state index in [1.54, 1.807) is 24.3 Å². The average Bonchev–Trinajstić information content (AvgIpc) is 2.67. The number of carboxylic acids is 1. The van der Waals surface area contributed by atoms with Crippen LogP contribution in [0.25, 0.3) is 0 Å². The molecule has 0 saturated carbocycles. The summed E-state index contributed by atoms with van der Waals surface area (Å²) in [7, 11) is 1.98. The fourth-order valence-corrected chi connectivity index (χ4v) is 4.24. The number of hydrogen-bond acceptors (Lipinski definition) is 4. The van der Waals surface area contributed by atoms with Crippen LogP contribution in [0.3, 0.4) is 0 Å². The first kappa shape index (κ1) is 24.9. The minimum absolute atomic E-state index is 0. The molecule has 1 aliphatic heterocycles. The van der Waals surface area contributed by atoms with Crippen molar-refractivity contribution in [3.63, 3.8) is 0 Å². The molecule has 4 N–H and O–H groups in total. The average molecular weight is 487 g/mol. The van der Waals surface area contributed by atoms with Gasteiger partial charge in [-0.15, -0.1) is 12.4 Å². The van der Waals surface area contributed by atoms with Crippen LogP contribution in [-0.2, 0) is 16.1 Å². The van der Waals surface area contributed by atoms with E-state index in [0.717, 1.165) is 16.7 Å². The summed E-state index contributed by atoms with van der Waals surface area (Å²) in [5.41, 5.74) is 8.21. The van der Waals surface area contributed by atoms with Crippen LogP contribution in [0.2, 0.25) is 10.0 Å². The molecule has 2 atom stereocenters. The van der Waals surface area contributed by atoms with Gasteiger partial charge in [0.2, 0.25) is 5.91 Å². The van der Waals surface area contributed by atoms with E-state index < -0.39 is 30.2 Å². The Morgan fingerprint density at radius 1 is 1.26 bits per heavy atom. The van der Waals surface area contributed by atoms with Crippen LogP contribution in [0.4, 0.5) is 0 Å². The van der Waals surface area contributed by atoms with Crippen molar-refractivity contribution in [2.75, 3.05) is 13.6 Å². The molecule has 0 radical (unpaired) electrons. The fourth-order valence-electron chi connectivity index (χ4n) is 3.67. The van der Waals surface area contributed by atoms with Gasteiger partial charge in [-0.3, -0.25) is 9.59 Å². The maximum Gasteiger partial charge on any atom is 0.326 e. The van der Waals surface area contributed by atoms with Crippen molar-refractivity contribution in [3.8, 4) is 0 Å². The molecule has 31 heavy (non-hydrogen) atoms. The number of rotatable bonds is 6. The van der Waals surface area contributed by atoms with Crippen LogP contribution in [0.1, 0.15) is 39.4 Å². The lowest BCUT2D eigenvalue weighted by Gasteiger charge is -2.33. The Balaban J connectivity index is 0.00000341. The molecule has 0 aromatic heterocycles. The van der Waals surface area contributed by atoms with E-state index in [0.29, 0.717) is 23.1 Å². The van der Waals surface area contributed by atoms with Crippen molar-refractivity contribution < 1.29 is 19.5 Å². The number of benzene rings is 2. The van der Waals surface area contributed by atoms with E-state index in [2.05, 4.69) is 10.2 Å². The Bertz CT molecular complexity index is 1020. The van der Waals surface area contributed by atoms with Gasteiger partial charge < -0.3 is 21.1 Å². The highest BCUT2D eigenvalue weighted by atomic mass is 35.5. The summed E-state index contributed by atoms with van der Waals surface area (Å²) in [6, 6.07) is 9.14. The minimum Gasteiger partial charge on any atom is -0.480 e. The molecule has 0 saturated heterocycles. The molecular weight excluding hydrogens is 465 g/mol. The van der Waals surface area contributed by atoms with Crippen LogP contribution in [0.15, 0.2) is 36.4 Å². The molecule has 7 nitrogen and oxygen atoms in total. The zero-order chi connectivity index (χ0) is 22.0. The predicted octanol–water partition coefficient (Wildman–Crippen LogP) is 3.05. The number of hydrogen-bond donors (Lipinski definition) is 3. The van der Waals surface area contributed by atoms with Crippen LogP contribution < -0.4 is 11.1 Å². The molecule has 166 valence electrons. The van der Waals surface area contributed by atoms with Crippen molar-refractivity contribution >= 4 is 53.4 Å². The summed E-state index contributed by atoms with van der Waals surface area (Å²) in [5.74, 6) is -2.81. The lowest BCUT2D eigenvalue weighted by atomic mass is 9.84. The highest BCUT2D eigenvalue weighted by molar-refractivity contribution is 6.35. The third-order valence-electron chi connectivity index (χ3n) is 5.05. The van der Waals surface area contributed by atoms with Gasteiger partial charge in [0.25, 0.3) is 5.91 Å². The molecular formula is C21H22Cl3N3O4. The Morgan fingerprint density at radius 3 is 2.61 bits per heavy atom. The number of primary amides is 1. The number of amides is 2. The Morgan fingerprint density at radius 2 is 1.97 bits per heavy atom. The van der Waals surface area contributed by atoms with E-state index in [-0.39, 0.29) is 23.9 Å². The maximum absolute atomic E-state index is 12.6. The number of carbonyl (C=O) groups is 3. The molecule has 2 amide bonds. The second-order valence-electron chi connectivity index (χ2n) is 7.36. The van der Waals surface area contributed by atoms with Gasteiger partial charge in [-0.05, 0) is 48.0 Å². The lowest BCUT2D eigenvalue weighted by molar-refractivity contribution is -0.140. The Hall–Kier alpha value is -2.32. The van der Waals surface area contributed by atoms with Crippen LogP contribution >= 0.6 is 35.6 Å². The Labute approximate surface area is 195 Å². The smallest absolute Gasteiger partial charge is 0.326 e. The summed E-state index contributed by atoms with van der Waals surface area (Å²) in [5, 5.41) is 12.7. The standard InChI is InChI=1S/C21H21Cl2N3O4.ClH/c1-26-9-15(14-6-13(22)7-17(23)16(14)10-26)11-3-2-4-12(5-11)20(28)25-18(21(29)30)8-19(24)27;/h2-7,15,18H,8-10H2,1H3,(H2,24,27)(H,25,28)(H,29,30);1H/t15?,18-;/m0./s1. The van der Waals surface area contributed by atoms with E-state index in [1.807, 2.05) is 19.2 Å². The molecule has 0 bridgehead atoms. The first-order valence-electron chi connectivity index (χ1n) is 9.24. The fraction of sp³-hybridized carbons (Fsp3) is 0.286. The predicted molar refractivity (Wildman–Crippen MR) is 121 cm³/mol. The van der Waals surface area contributed by atoms with E-state index in [1.165, 1.54) is 0 Å². The third-order valence-corrected chi connectivity index (χ3v) is 5.61. The molecule has 3 rings (SSSR count). The Kier molecular flexibility index (Phi) is 8.31. The summed E-state index contributed by atoms with van der Waals surface area (Å²) >= 11 is 12.6. The normalized spacial score (nSPS) is 16.5. The lowest BCUT2D eigenvalue weighted by Crippen LogP contribution is -2.43. The molecule has 0 fully saturated rings. The number of likely N-dealkylation sites (N-methyl/N-ethyl adjacent to an activating group) is 1. The van der Waals surface area contributed by atoms with Crippen LogP contribution in [0, 0.1) is 0 Å². The topological polar surface area (TPSA) is 113 Å². The number of aliphatic carboxylic acids is 1. The van der Waals surface area contributed by atoms with Gasteiger partial charge in [-0.2, -0.15) is 0 Å². The van der Waals surface area contributed by atoms with Gasteiger partial charge in [-0.1, -0.05) is 35.3 Å². The number of nitrogens with one attached hydrogen (secondary N) is 1. The number of halogens is 3. The van der Waals surface area contributed by atoms with Crippen LogP contribution in [0.5, 0.6) is 0 Å². The molecule has 2 aromatic rings. The zero-order valence-corrected chi connectivity index (χ0v) is 18.9. The number of nitrogens with zero attached hydrogens (tertiary/aromatic N) is 1. The van der Waals surface area contributed by atoms with Crippen molar-refractivity contribution in [2.45, 2.75) is 24.9 Å². The maximum atomic E-state index is 12.6. The minimum atomic E-state index is -1.39. The SMILES string of the molecule is CN1Cc2c(Cl)cc(Cl)cc2C(c2cccc(C(=O)N[C@@H](CC(N)=O)C(=O)O)c2)C1.Cl. The molecule has 0 spiro atoms. The highest BCUT2D eigenvalue weighted by Crippen LogP contribution is 2.38. The molecule has 10 heteroatoms. The van der Waals surface area contributed by atoms with Crippen molar-refractivity contribution in [2.24, 2.45) is 5.73 Å². The second kappa shape index (κ2) is 10.3. The van der Waals surface area contributed by atoms with Gasteiger partial charge in [0.05, 0.1) is 6.42 Å². The van der Waals surface area contributed by atoms with Gasteiger partial charge in [0.15, 0.2) is 0 Å². The summed E-state index contributed by atoms with van der Waals surface area (Å²) < 4.78 is 0. The van der Waals surface area contributed by atoms with E-state index in [9.17, 15) is 19.5 Å². The van der Waals surface area contributed by atoms with Gasteiger partial charge in [0, 0.05) is 34.6 Å². The van der Waals surface area contributed by atoms with Gasteiger partial charge in [0.1, 0.15) is 6.04 Å². The zero-order valence-electron chi connectivity index (χ0n) is 16.6. The highest BCUT2D eigenvalue weighted by Gasteiger charge is 2.28. The van der Waals surface area contributed by atoms with Crippen molar-refractivity contribution in [1.29, 1.82) is 0 Å². The summed E-state index contributed by atoms with van der Waals surface area (Å²) in [6.07, 6.45) is -0.488. The summed E-state index contributed by atoms with van der Waals surface area (Å²) in [4.78, 5) is 37.1. The molecule has 0 aliphatic carbocycles. The molecule has 1 unspecified atom stereocenters. The number of nitrogens with two attached hydrogens (primary N) is 1. The second-order valence-corrected chi connectivity index (χ2v) is 8.21. The monoisotopic (exact) mass is 485 g/mol. The number of fused-ring (bicyclic) bond motifs is 1. The first-order valence-corrected chi connectivity index (χ1v) is 9.99. The number of carboxylic acid groups (broad SMARTS) is 1. The largest absolute Gasteiger partial charge is 0.480 e.